The second kappa shape index (κ2) is 7.78. The Hall–Kier alpha value is -1.88. The highest BCUT2D eigenvalue weighted by Crippen LogP contribution is 2.23. The quantitative estimate of drug-likeness (QED) is 0.700. The molecule has 0 fully saturated rings. The zero-order chi connectivity index (χ0) is 15.1. The first-order valence-corrected chi connectivity index (χ1v) is 7.52. The van der Waals surface area contributed by atoms with Crippen molar-refractivity contribution < 1.29 is 14.7 Å². The lowest BCUT2D eigenvalue weighted by Gasteiger charge is -2.10. The van der Waals surface area contributed by atoms with Crippen LogP contribution < -0.4 is 10.6 Å². The molecule has 0 bridgehead atoms. The molecule has 2 amide bonds. The van der Waals surface area contributed by atoms with Crippen LogP contribution in [0.5, 0.6) is 0 Å². The van der Waals surface area contributed by atoms with Crippen LogP contribution in [0.4, 0.5) is 5.69 Å². The summed E-state index contributed by atoms with van der Waals surface area (Å²) in [5, 5.41) is 14.4. The average molecular weight is 290 g/mol. The van der Waals surface area contributed by atoms with E-state index in [9.17, 15) is 9.59 Å². The van der Waals surface area contributed by atoms with E-state index >= 15 is 0 Å². The van der Waals surface area contributed by atoms with Crippen molar-refractivity contribution in [1.82, 2.24) is 5.32 Å². The van der Waals surface area contributed by atoms with Crippen LogP contribution >= 0.6 is 0 Å². The third-order valence-corrected chi connectivity index (χ3v) is 3.61. The molecule has 0 saturated carbocycles. The molecule has 0 saturated heterocycles. The zero-order valence-corrected chi connectivity index (χ0v) is 12.2. The maximum Gasteiger partial charge on any atom is 0.251 e. The number of aliphatic hydroxyl groups is 1. The van der Waals surface area contributed by atoms with Gasteiger partial charge in [0.1, 0.15) is 0 Å². The van der Waals surface area contributed by atoms with E-state index in [1.54, 1.807) is 12.1 Å². The van der Waals surface area contributed by atoms with Gasteiger partial charge in [0.15, 0.2) is 0 Å². The number of unbranched alkanes of at least 4 members (excludes halogenated alkanes) is 2. The summed E-state index contributed by atoms with van der Waals surface area (Å²) in [6.45, 7) is 0.817. The molecule has 1 heterocycles. The molecule has 0 unspecified atom stereocenters. The molecule has 21 heavy (non-hydrogen) atoms. The zero-order valence-electron chi connectivity index (χ0n) is 12.2. The highest BCUT2D eigenvalue weighted by molar-refractivity contribution is 5.97. The summed E-state index contributed by atoms with van der Waals surface area (Å²) in [5.74, 6) is -0.0489. The number of rotatable bonds is 6. The van der Waals surface area contributed by atoms with Crippen molar-refractivity contribution in [1.29, 1.82) is 0 Å². The van der Waals surface area contributed by atoms with Gasteiger partial charge in [-0.25, -0.2) is 0 Å². The molecule has 114 valence electrons. The van der Waals surface area contributed by atoms with Crippen molar-refractivity contribution in [2.24, 2.45) is 0 Å². The number of aliphatic hydroxyl groups excluding tert-OH is 1. The minimum atomic E-state index is -0.0858. The molecule has 1 aliphatic rings. The van der Waals surface area contributed by atoms with E-state index in [2.05, 4.69) is 10.6 Å². The number of hydrogen-bond donors (Lipinski definition) is 3. The highest BCUT2D eigenvalue weighted by atomic mass is 16.3. The van der Waals surface area contributed by atoms with Crippen molar-refractivity contribution in [3.05, 3.63) is 29.3 Å². The van der Waals surface area contributed by atoms with Crippen molar-refractivity contribution in [2.75, 3.05) is 18.5 Å². The minimum absolute atomic E-state index is 0.0369. The Balaban J connectivity index is 1.93. The molecule has 0 spiro atoms. The Morgan fingerprint density at radius 1 is 1.24 bits per heavy atom. The number of anilines is 1. The van der Waals surface area contributed by atoms with Gasteiger partial charge < -0.3 is 15.7 Å². The van der Waals surface area contributed by atoms with E-state index in [1.807, 2.05) is 6.07 Å². The lowest BCUT2D eigenvalue weighted by atomic mass is 10.0. The SMILES string of the molecule is O=C1CCCc2cc(C(=O)NCCCCCO)ccc2N1. The first-order valence-electron chi connectivity index (χ1n) is 7.52. The summed E-state index contributed by atoms with van der Waals surface area (Å²) in [6, 6.07) is 5.41. The van der Waals surface area contributed by atoms with E-state index in [1.165, 1.54) is 0 Å². The molecule has 0 aliphatic carbocycles. The number of amides is 2. The largest absolute Gasteiger partial charge is 0.396 e. The number of fused-ring (bicyclic) bond motifs is 1. The highest BCUT2D eigenvalue weighted by Gasteiger charge is 2.14. The lowest BCUT2D eigenvalue weighted by molar-refractivity contribution is -0.116. The molecule has 0 radical (unpaired) electrons. The topological polar surface area (TPSA) is 78.4 Å². The fourth-order valence-corrected chi connectivity index (χ4v) is 2.43. The summed E-state index contributed by atoms with van der Waals surface area (Å²) in [5.41, 5.74) is 2.47. The van der Waals surface area contributed by atoms with Crippen LogP contribution in [-0.4, -0.2) is 30.1 Å². The van der Waals surface area contributed by atoms with Crippen molar-refractivity contribution in [3.63, 3.8) is 0 Å². The smallest absolute Gasteiger partial charge is 0.251 e. The van der Waals surface area contributed by atoms with Crippen molar-refractivity contribution in [2.45, 2.75) is 38.5 Å². The molecular weight excluding hydrogens is 268 g/mol. The Bertz CT molecular complexity index is 514. The van der Waals surface area contributed by atoms with Crippen molar-refractivity contribution >= 4 is 17.5 Å². The molecular formula is C16H22N2O3. The normalized spacial score (nSPS) is 14.0. The lowest BCUT2D eigenvalue weighted by Crippen LogP contribution is -2.24. The first kappa shape index (κ1) is 15.5. The van der Waals surface area contributed by atoms with Crippen LogP contribution in [0.25, 0.3) is 0 Å². The number of carbonyl (C=O) groups is 2. The Morgan fingerprint density at radius 3 is 2.90 bits per heavy atom. The molecule has 5 nitrogen and oxygen atoms in total. The number of aryl methyl sites for hydroxylation is 1. The number of carbonyl (C=O) groups excluding carboxylic acids is 2. The maximum atomic E-state index is 12.1. The van der Waals surface area contributed by atoms with E-state index in [0.717, 1.165) is 43.4 Å². The van der Waals surface area contributed by atoms with Gasteiger partial charge in [-0.3, -0.25) is 9.59 Å². The minimum Gasteiger partial charge on any atom is -0.396 e. The van der Waals surface area contributed by atoms with E-state index < -0.39 is 0 Å². The van der Waals surface area contributed by atoms with Crippen LogP contribution in [0, 0.1) is 0 Å². The molecule has 0 aromatic heterocycles. The van der Waals surface area contributed by atoms with Gasteiger partial charge in [-0.15, -0.1) is 0 Å². The monoisotopic (exact) mass is 290 g/mol. The van der Waals surface area contributed by atoms with Gasteiger partial charge in [-0.1, -0.05) is 0 Å². The Labute approximate surface area is 124 Å². The van der Waals surface area contributed by atoms with Gasteiger partial charge in [0.05, 0.1) is 0 Å². The summed E-state index contributed by atoms with van der Waals surface area (Å²) in [6.07, 6.45) is 4.70. The summed E-state index contributed by atoms with van der Waals surface area (Å²) < 4.78 is 0. The molecule has 2 rings (SSSR count). The number of nitrogens with one attached hydrogen (secondary N) is 2. The second-order valence-electron chi connectivity index (χ2n) is 5.31. The predicted octanol–water partition coefficient (Wildman–Crippen LogP) is 1.85. The standard InChI is InChI=1S/C16H22N2O3/c19-10-3-1-2-9-17-16(21)13-7-8-14-12(11-13)5-4-6-15(20)18-14/h7-8,11,19H,1-6,9-10H2,(H,17,21)(H,18,20). The van der Waals surface area contributed by atoms with Gasteiger partial charge >= 0.3 is 0 Å². The van der Waals surface area contributed by atoms with Gasteiger partial charge in [0.2, 0.25) is 5.91 Å². The molecule has 1 aliphatic heterocycles. The number of benzene rings is 1. The maximum absolute atomic E-state index is 12.1. The molecule has 1 aromatic carbocycles. The fourth-order valence-electron chi connectivity index (χ4n) is 2.43. The number of hydrogen-bond acceptors (Lipinski definition) is 3. The fraction of sp³-hybridized carbons (Fsp3) is 0.500. The summed E-state index contributed by atoms with van der Waals surface area (Å²) in [4.78, 5) is 23.5. The first-order chi connectivity index (χ1) is 10.2. The van der Waals surface area contributed by atoms with Gasteiger partial charge in [-0.05, 0) is 55.9 Å². The summed E-state index contributed by atoms with van der Waals surface area (Å²) >= 11 is 0. The van der Waals surface area contributed by atoms with Crippen LogP contribution in [0.3, 0.4) is 0 Å². The van der Waals surface area contributed by atoms with E-state index in [0.29, 0.717) is 18.5 Å². The van der Waals surface area contributed by atoms with Crippen LogP contribution in [0.1, 0.15) is 48.0 Å². The third kappa shape index (κ3) is 4.56. The summed E-state index contributed by atoms with van der Waals surface area (Å²) in [7, 11) is 0. The van der Waals surface area contributed by atoms with Crippen LogP contribution in [0.15, 0.2) is 18.2 Å². The van der Waals surface area contributed by atoms with Crippen LogP contribution in [0.2, 0.25) is 0 Å². The third-order valence-electron chi connectivity index (χ3n) is 3.61. The van der Waals surface area contributed by atoms with Crippen LogP contribution in [-0.2, 0) is 11.2 Å². The predicted molar refractivity (Wildman–Crippen MR) is 81.3 cm³/mol. The molecule has 3 N–H and O–H groups in total. The molecule has 1 aromatic rings. The van der Waals surface area contributed by atoms with E-state index in [4.69, 9.17) is 5.11 Å². The molecule has 0 atom stereocenters. The average Bonchev–Trinajstić information content (AvgIpc) is 2.66. The van der Waals surface area contributed by atoms with Gasteiger partial charge in [0.25, 0.3) is 5.91 Å². The van der Waals surface area contributed by atoms with Gasteiger partial charge in [-0.2, -0.15) is 0 Å². The Kier molecular flexibility index (Phi) is 5.75. The molecule has 5 heteroatoms. The van der Waals surface area contributed by atoms with Crippen molar-refractivity contribution in [3.8, 4) is 0 Å². The van der Waals surface area contributed by atoms with Gasteiger partial charge in [0, 0.05) is 30.8 Å². The van der Waals surface area contributed by atoms with E-state index in [-0.39, 0.29) is 18.4 Å². The second-order valence-corrected chi connectivity index (χ2v) is 5.31. The Morgan fingerprint density at radius 2 is 2.10 bits per heavy atom.